The minimum absolute atomic E-state index is 0.0547. The van der Waals surface area contributed by atoms with Crippen LogP contribution in [0.1, 0.15) is 49.3 Å². The summed E-state index contributed by atoms with van der Waals surface area (Å²) >= 11 is 0. The number of hydrogen-bond donors (Lipinski definition) is 1. The molecule has 0 aliphatic carbocycles. The normalized spacial score (nSPS) is 12.5. The number of allylic oxidation sites excluding steroid dienone is 1. The number of carbonyl (C=O) groups is 1. The van der Waals surface area contributed by atoms with Crippen molar-refractivity contribution >= 4 is 28.3 Å². The van der Waals surface area contributed by atoms with Crippen LogP contribution in [-0.4, -0.2) is 29.7 Å². The van der Waals surface area contributed by atoms with Gasteiger partial charge in [-0.25, -0.2) is 14.8 Å². The third-order valence-electron chi connectivity index (χ3n) is 5.07. The molecule has 1 atom stereocenters. The number of nitrogens with one attached hydrogen (secondary N) is 1. The molecule has 1 N–H and O–H groups in total. The summed E-state index contributed by atoms with van der Waals surface area (Å²) in [7, 11) is 1.61. The van der Waals surface area contributed by atoms with Crippen molar-refractivity contribution in [1.29, 1.82) is 0 Å². The summed E-state index contributed by atoms with van der Waals surface area (Å²) in [6.07, 6.45) is 1.48. The Labute approximate surface area is 183 Å². The van der Waals surface area contributed by atoms with Gasteiger partial charge in [0, 0.05) is 29.1 Å². The summed E-state index contributed by atoms with van der Waals surface area (Å²) in [6, 6.07) is 12.3. The number of rotatable bonds is 7. The minimum atomic E-state index is -0.381. The largest absolute Gasteiger partial charge is 0.496 e. The second-order valence-electron chi connectivity index (χ2n) is 7.55. The van der Waals surface area contributed by atoms with E-state index >= 15 is 0 Å². The second kappa shape index (κ2) is 9.60. The first-order valence-corrected chi connectivity index (χ1v) is 10.4. The Hall–Kier alpha value is -3.41. The molecule has 1 heterocycles. The van der Waals surface area contributed by atoms with Crippen LogP contribution in [0.4, 0.5) is 5.82 Å². The lowest BCUT2D eigenvalue weighted by molar-refractivity contribution is -0.137. The smallest absolute Gasteiger partial charge is 0.331 e. The number of nitrogens with zero attached hydrogens (tertiary/aromatic N) is 2. The number of methoxy groups -OCH3 is 1. The van der Waals surface area contributed by atoms with Crippen LogP contribution < -0.4 is 10.1 Å². The van der Waals surface area contributed by atoms with Gasteiger partial charge < -0.3 is 14.8 Å². The van der Waals surface area contributed by atoms with Crippen LogP contribution in [0.15, 0.2) is 42.5 Å². The van der Waals surface area contributed by atoms with Crippen LogP contribution in [0.3, 0.4) is 0 Å². The Morgan fingerprint density at radius 2 is 1.97 bits per heavy atom. The molecule has 6 nitrogen and oxygen atoms in total. The molecule has 0 radical (unpaired) electrons. The first-order chi connectivity index (χ1) is 14.8. The first-order valence-electron chi connectivity index (χ1n) is 10.4. The number of ether oxygens (including phenoxy) is 2. The summed E-state index contributed by atoms with van der Waals surface area (Å²) in [5, 5.41) is 4.39. The van der Waals surface area contributed by atoms with Crippen molar-refractivity contribution < 1.29 is 14.3 Å². The quantitative estimate of drug-likeness (QED) is 0.409. The molecule has 2 aromatic carbocycles. The minimum Gasteiger partial charge on any atom is -0.496 e. The van der Waals surface area contributed by atoms with Gasteiger partial charge in [-0.15, -0.1) is 0 Å². The topological polar surface area (TPSA) is 73.3 Å². The summed E-state index contributed by atoms with van der Waals surface area (Å²) < 4.78 is 10.6. The van der Waals surface area contributed by atoms with Crippen molar-refractivity contribution in [2.45, 2.75) is 40.7 Å². The summed E-state index contributed by atoms with van der Waals surface area (Å²) in [4.78, 5) is 21.2. The number of aromatic nitrogens is 2. The van der Waals surface area contributed by atoms with Crippen LogP contribution in [0.5, 0.6) is 5.75 Å². The molecular weight excluding hydrogens is 390 g/mol. The average Bonchev–Trinajstić information content (AvgIpc) is 2.72. The molecule has 0 unspecified atom stereocenters. The van der Waals surface area contributed by atoms with Gasteiger partial charge in [0.2, 0.25) is 0 Å². The van der Waals surface area contributed by atoms with E-state index < -0.39 is 0 Å². The molecule has 162 valence electrons. The molecule has 6 heteroatoms. The van der Waals surface area contributed by atoms with Gasteiger partial charge >= 0.3 is 5.97 Å². The Morgan fingerprint density at radius 3 is 2.65 bits per heavy atom. The number of aryl methyl sites for hydroxylation is 2. The zero-order chi connectivity index (χ0) is 22.5. The number of fused-ring (bicyclic) bond motifs is 1. The fourth-order valence-corrected chi connectivity index (χ4v) is 3.53. The van der Waals surface area contributed by atoms with Gasteiger partial charge in [0.15, 0.2) is 0 Å². The van der Waals surface area contributed by atoms with E-state index in [0.29, 0.717) is 18.2 Å². The van der Waals surface area contributed by atoms with Gasteiger partial charge in [0.05, 0.1) is 19.2 Å². The zero-order valence-electron chi connectivity index (χ0n) is 18.9. The molecule has 0 aliphatic heterocycles. The maximum absolute atomic E-state index is 12.0. The third kappa shape index (κ3) is 5.20. The van der Waals surface area contributed by atoms with Crippen molar-refractivity contribution in [3.8, 4) is 5.75 Å². The highest BCUT2D eigenvalue weighted by Gasteiger charge is 2.16. The van der Waals surface area contributed by atoms with Crippen molar-refractivity contribution in [1.82, 2.24) is 9.97 Å². The van der Waals surface area contributed by atoms with E-state index in [0.717, 1.165) is 27.9 Å². The predicted octanol–water partition coefficient (Wildman–Crippen LogP) is 5.39. The van der Waals surface area contributed by atoms with Crippen molar-refractivity contribution in [2.75, 3.05) is 19.0 Å². The number of carbonyl (C=O) groups excluding carboxylic acids is 1. The monoisotopic (exact) mass is 419 g/mol. The van der Waals surface area contributed by atoms with Crippen LogP contribution in [0, 0.1) is 13.8 Å². The Balaban J connectivity index is 2.08. The predicted molar refractivity (Wildman–Crippen MR) is 124 cm³/mol. The summed E-state index contributed by atoms with van der Waals surface area (Å²) in [5.41, 5.74) is 4.70. The molecule has 0 amide bonds. The van der Waals surface area contributed by atoms with Crippen molar-refractivity contribution in [3.05, 3.63) is 65.0 Å². The highest BCUT2D eigenvalue weighted by atomic mass is 16.5. The molecule has 3 rings (SSSR count). The molecule has 31 heavy (non-hydrogen) atoms. The maximum Gasteiger partial charge on any atom is 0.331 e. The van der Waals surface area contributed by atoms with Gasteiger partial charge in [-0.1, -0.05) is 29.8 Å². The van der Waals surface area contributed by atoms with Gasteiger partial charge in [-0.2, -0.15) is 0 Å². The highest BCUT2D eigenvalue weighted by Crippen LogP contribution is 2.34. The van der Waals surface area contributed by atoms with E-state index in [9.17, 15) is 4.79 Å². The van der Waals surface area contributed by atoms with Gasteiger partial charge in [0.1, 0.15) is 17.4 Å². The molecule has 0 aliphatic rings. The van der Waals surface area contributed by atoms with Gasteiger partial charge in [0.25, 0.3) is 0 Å². The molecule has 0 spiro atoms. The van der Waals surface area contributed by atoms with Crippen molar-refractivity contribution in [3.63, 3.8) is 0 Å². The van der Waals surface area contributed by atoms with Crippen LogP contribution >= 0.6 is 0 Å². The number of hydrogen-bond acceptors (Lipinski definition) is 6. The lowest BCUT2D eigenvalue weighted by atomic mass is 10.0. The van der Waals surface area contributed by atoms with Crippen molar-refractivity contribution in [2.24, 2.45) is 0 Å². The SMILES string of the molecule is CCOC(=O)/C=C(\C)c1cc2c(N[C@H](C)c3cccc(C)c3)nc(C)nc2cc1OC. The average molecular weight is 420 g/mol. The summed E-state index contributed by atoms with van der Waals surface area (Å²) in [6.45, 7) is 10.0. The van der Waals surface area contributed by atoms with Crippen LogP contribution in [0.2, 0.25) is 0 Å². The third-order valence-corrected chi connectivity index (χ3v) is 5.07. The number of anilines is 1. The second-order valence-corrected chi connectivity index (χ2v) is 7.55. The molecule has 0 bridgehead atoms. The van der Waals surface area contributed by atoms with E-state index in [1.54, 1.807) is 14.0 Å². The van der Waals surface area contributed by atoms with E-state index in [4.69, 9.17) is 9.47 Å². The van der Waals surface area contributed by atoms with E-state index in [-0.39, 0.29) is 12.0 Å². The molecule has 0 fully saturated rings. The van der Waals surface area contributed by atoms with Gasteiger partial charge in [-0.05, 0) is 51.8 Å². The summed E-state index contributed by atoms with van der Waals surface area (Å²) in [5.74, 6) is 1.67. The molecule has 0 saturated carbocycles. The maximum atomic E-state index is 12.0. The molecule has 3 aromatic rings. The Kier molecular flexibility index (Phi) is 6.90. The lowest BCUT2D eigenvalue weighted by Gasteiger charge is -2.18. The van der Waals surface area contributed by atoms with E-state index in [1.807, 2.05) is 26.0 Å². The fraction of sp³-hybridized carbons (Fsp3) is 0.320. The molecule has 1 aromatic heterocycles. The molecular formula is C25H29N3O3. The van der Waals surface area contributed by atoms with Crippen LogP contribution in [-0.2, 0) is 9.53 Å². The Morgan fingerprint density at radius 1 is 1.19 bits per heavy atom. The van der Waals surface area contributed by atoms with Gasteiger partial charge in [-0.3, -0.25) is 0 Å². The zero-order valence-corrected chi connectivity index (χ0v) is 18.9. The first kappa shape index (κ1) is 22.3. The Bertz CT molecular complexity index is 1140. The van der Waals surface area contributed by atoms with Crippen LogP contribution in [0.25, 0.3) is 16.5 Å². The van der Waals surface area contributed by atoms with E-state index in [1.165, 1.54) is 17.2 Å². The number of benzene rings is 2. The standard InChI is InChI=1S/C25H29N3O3/c1-7-31-24(29)12-16(3)20-13-21-22(14-23(20)30-6)27-18(5)28-25(21)26-17(4)19-10-8-9-15(2)11-19/h8-14,17H,7H2,1-6H3,(H,26,27,28)/b16-12+/t17-/m1/s1. The highest BCUT2D eigenvalue weighted by molar-refractivity contribution is 5.97. The fourth-order valence-electron chi connectivity index (χ4n) is 3.53. The lowest BCUT2D eigenvalue weighted by Crippen LogP contribution is -2.10. The van der Waals surface area contributed by atoms with E-state index in [2.05, 4.69) is 53.4 Å². The molecule has 0 saturated heterocycles. The number of esters is 1.